The molecule has 5 nitrogen and oxygen atoms in total. The van der Waals surface area contributed by atoms with Gasteiger partial charge in [-0.3, -0.25) is 4.99 Å². The lowest BCUT2D eigenvalue weighted by atomic mass is 9.54. The van der Waals surface area contributed by atoms with Crippen LogP contribution in [-0.2, 0) is 9.47 Å². The molecule has 4 aliphatic rings. The van der Waals surface area contributed by atoms with Gasteiger partial charge in [0, 0.05) is 51.3 Å². The van der Waals surface area contributed by atoms with Crippen LogP contribution in [0.25, 0.3) is 0 Å². The van der Waals surface area contributed by atoms with Crippen molar-refractivity contribution in [1.29, 1.82) is 0 Å². The SMILES string of the molecule is CN=C(NCC1(CCOC)CCC1)NC1C2CCOC2C12CCCC2. The second-order valence-electron chi connectivity index (χ2n) is 8.83. The lowest BCUT2D eigenvalue weighted by molar-refractivity contribution is -0.125. The van der Waals surface area contributed by atoms with Crippen LogP contribution in [-0.4, -0.2) is 52.0 Å². The Bertz CT molecular complexity index is 497. The van der Waals surface area contributed by atoms with Gasteiger partial charge >= 0.3 is 0 Å². The summed E-state index contributed by atoms with van der Waals surface area (Å²) < 4.78 is 11.4. The largest absolute Gasteiger partial charge is 0.385 e. The summed E-state index contributed by atoms with van der Waals surface area (Å²) in [4.78, 5) is 4.54. The molecule has 0 radical (unpaired) electrons. The van der Waals surface area contributed by atoms with E-state index in [0.717, 1.165) is 32.1 Å². The van der Waals surface area contributed by atoms with Crippen molar-refractivity contribution in [3.8, 4) is 0 Å². The molecule has 1 saturated heterocycles. The lowest BCUT2D eigenvalue weighted by Crippen LogP contribution is -2.69. The van der Waals surface area contributed by atoms with Gasteiger partial charge < -0.3 is 20.1 Å². The van der Waals surface area contributed by atoms with E-state index in [2.05, 4.69) is 15.6 Å². The molecular formula is C20H35N3O2. The van der Waals surface area contributed by atoms with Crippen molar-refractivity contribution >= 4 is 5.96 Å². The number of methoxy groups -OCH3 is 1. The summed E-state index contributed by atoms with van der Waals surface area (Å²) in [6, 6.07) is 0.546. The molecule has 0 aromatic carbocycles. The van der Waals surface area contributed by atoms with E-state index in [1.165, 1.54) is 51.4 Å². The molecule has 5 heteroatoms. The first kappa shape index (κ1) is 17.6. The molecule has 25 heavy (non-hydrogen) atoms. The third-order valence-electron chi connectivity index (χ3n) is 7.68. The molecule has 1 heterocycles. The van der Waals surface area contributed by atoms with Crippen molar-refractivity contribution in [2.75, 3.05) is 33.9 Å². The number of hydrogen-bond acceptors (Lipinski definition) is 3. The van der Waals surface area contributed by atoms with Crippen LogP contribution in [0, 0.1) is 16.7 Å². The number of hydrogen-bond donors (Lipinski definition) is 2. The second kappa shape index (κ2) is 7.07. The molecule has 0 bridgehead atoms. The fourth-order valence-electron chi connectivity index (χ4n) is 6.03. The molecule has 0 aromatic rings. The second-order valence-corrected chi connectivity index (χ2v) is 8.83. The summed E-state index contributed by atoms with van der Waals surface area (Å²) in [5.41, 5.74) is 0.792. The van der Waals surface area contributed by atoms with Gasteiger partial charge in [-0.05, 0) is 43.9 Å². The number of ether oxygens (including phenoxy) is 2. The van der Waals surface area contributed by atoms with Crippen LogP contribution in [0.5, 0.6) is 0 Å². The van der Waals surface area contributed by atoms with E-state index < -0.39 is 0 Å². The zero-order valence-corrected chi connectivity index (χ0v) is 16.0. The molecule has 3 atom stereocenters. The summed E-state index contributed by atoms with van der Waals surface area (Å²) >= 11 is 0. The Morgan fingerprint density at radius 1 is 1.20 bits per heavy atom. The number of guanidine groups is 1. The van der Waals surface area contributed by atoms with Crippen molar-refractivity contribution in [3.05, 3.63) is 0 Å². The zero-order valence-electron chi connectivity index (χ0n) is 16.0. The third kappa shape index (κ3) is 2.97. The van der Waals surface area contributed by atoms with Crippen LogP contribution in [0.4, 0.5) is 0 Å². The molecule has 4 rings (SSSR count). The standard InChI is InChI=1S/C20H35N3O2/c1-21-18(22-14-19(7-5-8-19)11-13-24-2)23-16-15-6-12-25-17(15)20(16)9-3-4-10-20/h15-17H,3-14H2,1-2H3,(H2,21,22,23). The maximum atomic E-state index is 6.11. The molecule has 0 aromatic heterocycles. The highest BCUT2D eigenvalue weighted by atomic mass is 16.5. The van der Waals surface area contributed by atoms with Crippen molar-refractivity contribution in [2.45, 2.75) is 69.9 Å². The quantitative estimate of drug-likeness (QED) is 0.572. The van der Waals surface area contributed by atoms with E-state index in [4.69, 9.17) is 9.47 Å². The van der Waals surface area contributed by atoms with Crippen molar-refractivity contribution in [3.63, 3.8) is 0 Å². The molecule has 1 aliphatic heterocycles. The molecule has 142 valence electrons. The predicted octanol–water partition coefficient (Wildman–Crippen LogP) is 2.71. The highest BCUT2D eigenvalue weighted by molar-refractivity contribution is 5.80. The molecular weight excluding hydrogens is 314 g/mol. The summed E-state index contributed by atoms with van der Waals surface area (Å²) in [6.07, 6.45) is 12.2. The molecule has 3 saturated carbocycles. The highest BCUT2D eigenvalue weighted by Gasteiger charge is 2.65. The van der Waals surface area contributed by atoms with Crippen LogP contribution in [0.1, 0.15) is 57.8 Å². The topological polar surface area (TPSA) is 54.9 Å². The number of rotatable bonds is 6. The van der Waals surface area contributed by atoms with Gasteiger partial charge in [0.2, 0.25) is 0 Å². The van der Waals surface area contributed by atoms with Crippen LogP contribution >= 0.6 is 0 Å². The highest BCUT2D eigenvalue weighted by Crippen LogP contribution is 2.60. The summed E-state index contributed by atoms with van der Waals surface area (Å²) in [5, 5.41) is 7.46. The van der Waals surface area contributed by atoms with Crippen LogP contribution < -0.4 is 10.6 Å². The Morgan fingerprint density at radius 2 is 2.00 bits per heavy atom. The Balaban J connectivity index is 1.36. The maximum absolute atomic E-state index is 6.11. The van der Waals surface area contributed by atoms with Crippen LogP contribution in [0.15, 0.2) is 4.99 Å². The van der Waals surface area contributed by atoms with E-state index in [0.29, 0.717) is 28.9 Å². The van der Waals surface area contributed by atoms with E-state index in [-0.39, 0.29) is 0 Å². The van der Waals surface area contributed by atoms with E-state index >= 15 is 0 Å². The van der Waals surface area contributed by atoms with Gasteiger partial charge in [-0.1, -0.05) is 19.3 Å². The minimum Gasteiger partial charge on any atom is -0.385 e. The first-order valence-electron chi connectivity index (χ1n) is 10.3. The summed E-state index contributed by atoms with van der Waals surface area (Å²) in [7, 11) is 3.71. The van der Waals surface area contributed by atoms with Crippen molar-refractivity contribution in [2.24, 2.45) is 21.7 Å². The fraction of sp³-hybridized carbons (Fsp3) is 0.950. The first-order chi connectivity index (χ1) is 12.2. The van der Waals surface area contributed by atoms with Gasteiger partial charge in [0.25, 0.3) is 0 Å². The van der Waals surface area contributed by atoms with Gasteiger partial charge in [0.05, 0.1) is 6.10 Å². The molecule has 3 unspecified atom stereocenters. The first-order valence-corrected chi connectivity index (χ1v) is 10.3. The molecule has 4 fully saturated rings. The third-order valence-corrected chi connectivity index (χ3v) is 7.68. The molecule has 0 amide bonds. The average molecular weight is 350 g/mol. The van der Waals surface area contributed by atoms with Crippen LogP contribution in [0.3, 0.4) is 0 Å². The smallest absolute Gasteiger partial charge is 0.191 e. The average Bonchev–Trinajstić information content (AvgIpc) is 3.24. The minimum atomic E-state index is 0.378. The molecule has 1 spiro atoms. The Morgan fingerprint density at radius 3 is 2.64 bits per heavy atom. The molecule has 3 aliphatic carbocycles. The summed E-state index contributed by atoms with van der Waals surface area (Å²) in [5.74, 6) is 1.67. The van der Waals surface area contributed by atoms with Crippen LogP contribution in [0.2, 0.25) is 0 Å². The number of aliphatic imine (C=N–C) groups is 1. The van der Waals surface area contributed by atoms with Gasteiger partial charge in [0.1, 0.15) is 0 Å². The Kier molecular flexibility index (Phi) is 4.98. The molecule has 2 N–H and O–H groups in total. The zero-order chi connectivity index (χ0) is 17.3. The Hall–Kier alpha value is -0.810. The predicted molar refractivity (Wildman–Crippen MR) is 99.8 cm³/mol. The fourth-order valence-corrected chi connectivity index (χ4v) is 6.03. The van der Waals surface area contributed by atoms with E-state index in [1.807, 2.05) is 7.05 Å². The maximum Gasteiger partial charge on any atom is 0.191 e. The van der Waals surface area contributed by atoms with E-state index in [9.17, 15) is 0 Å². The van der Waals surface area contributed by atoms with Gasteiger partial charge in [-0.15, -0.1) is 0 Å². The number of nitrogens with one attached hydrogen (secondary N) is 2. The number of fused-ring (bicyclic) bond motifs is 2. The van der Waals surface area contributed by atoms with Gasteiger partial charge in [-0.25, -0.2) is 0 Å². The van der Waals surface area contributed by atoms with Gasteiger partial charge in [-0.2, -0.15) is 0 Å². The van der Waals surface area contributed by atoms with Crippen molar-refractivity contribution < 1.29 is 9.47 Å². The lowest BCUT2D eigenvalue weighted by Gasteiger charge is -2.57. The minimum absolute atomic E-state index is 0.378. The normalized spacial score (nSPS) is 35.1. The summed E-state index contributed by atoms with van der Waals surface area (Å²) in [6.45, 7) is 2.82. The van der Waals surface area contributed by atoms with Crippen molar-refractivity contribution in [1.82, 2.24) is 10.6 Å². The van der Waals surface area contributed by atoms with Gasteiger partial charge in [0.15, 0.2) is 5.96 Å². The Labute approximate surface area is 152 Å². The van der Waals surface area contributed by atoms with E-state index in [1.54, 1.807) is 7.11 Å². The number of nitrogens with zero attached hydrogens (tertiary/aromatic N) is 1. The monoisotopic (exact) mass is 349 g/mol.